The van der Waals surface area contributed by atoms with Gasteiger partial charge < -0.3 is 9.80 Å². The number of hydrogen-bond donors (Lipinski definition) is 0. The van der Waals surface area contributed by atoms with Crippen LogP contribution in [0.15, 0.2) is 36.0 Å². The summed E-state index contributed by atoms with van der Waals surface area (Å²) in [7, 11) is 0. The molecule has 0 saturated carbocycles. The molecule has 2 aromatic heterocycles. The van der Waals surface area contributed by atoms with Gasteiger partial charge in [0.15, 0.2) is 0 Å². The first kappa shape index (κ1) is 14.7. The van der Waals surface area contributed by atoms with Crippen molar-refractivity contribution < 1.29 is 0 Å². The minimum atomic E-state index is 0.788. The first-order chi connectivity index (χ1) is 11.2. The third-order valence-electron chi connectivity index (χ3n) is 4.29. The Morgan fingerprint density at radius 2 is 1.87 bits per heavy atom. The van der Waals surface area contributed by atoms with Gasteiger partial charge in [-0.05, 0) is 36.1 Å². The minimum Gasteiger partial charge on any atom is -0.368 e. The molecule has 1 aromatic carbocycles. The molecule has 0 bridgehead atoms. The Balaban J connectivity index is 1.56. The van der Waals surface area contributed by atoms with E-state index in [2.05, 4.69) is 38.1 Å². The van der Waals surface area contributed by atoms with E-state index in [1.54, 1.807) is 17.7 Å². The zero-order valence-electron chi connectivity index (χ0n) is 12.9. The van der Waals surface area contributed by atoms with E-state index in [-0.39, 0.29) is 0 Å². The quantitative estimate of drug-likeness (QED) is 0.704. The Kier molecular flexibility index (Phi) is 3.83. The summed E-state index contributed by atoms with van der Waals surface area (Å²) in [4.78, 5) is 14.8. The van der Waals surface area contributed by atoms with Crippen molar-refractivity contribution in [3.8, 4) is 0 Å². The van der Waals surface area contributed by atoms with E-state index in [4.69, 9.17) is 11.6 Å². The lowest BCUT2D eigenvalue weighted by atomic mass is 10.2. The van der Waals surface area contributed by atoms with Crippen LogP contribution in [0.2, 0.25) is 5.02 Å². The topological polar surface area (TPSA) is 32.3 Å². The SMILES string of the molecule is Cc1csc2ncnc(N3CCN(c4cccc(Cl)c4)CC3)c12. The standard InChI is InChI=1S/C17H17ClN4S/c1-12-10-23-17-15(12)16(19-11-20-17)22-7-5-21(6-8-22)14-4-2-3-13(18)9-14/h2-4,9-11H,5-8H2,1H3. The highest BCUT2D eigenvalue weighted by Crippen LogP contribution is 2.31. The molecule has 1 aliphatic heterocycles. The van der Waals surface area contributed by atoms with E-state index in [1.165, 1.54) is 16.6 Å². The molecular weight excluding hydrogens is 328 g/mol. The van der Waals surface area contributed by atoms with Gasteiger partial charge in [-0.2, -0.15) is 0 Å². The molecular formula is C17H17ClN4S. The Morgan fingerprint density at radius 1 is 1.09 bits per heavy atom. The molecule has 0 amide bonds. The molecule has 1 fully saturated rings. The number of aryl methyl sites for hydroxylation is 1. The molecule has 3 heterocycles. The van der Waals surface area contributed by atoms with Gasteiger partial charge in [-0.1, -0.05) is 17.7 Å². The third kappa shape index (κ3) is 2.75. The first-order valence-corrected chi connectivity index (χ1v) is 8.92. The third-order valence-corrected chi connectivity index (χ3v) is 5.53. The minimum absolute atomic E-state index is 0.788. The van der Waals surface area contributed by atoms with Gasteiger partial charge in [0, 0.05) is 36.9 Å². The highest BCUT2D eigenvalue weighted by Gasteiger charge is 2.21. The van der Waals surface area contributed by atoms with Crippen molar-refractivity contribution in [1.29, 1.82) is 0 Å². The lowest BCUT2D eigenvalue weighted by Crippen LogP contribution is -2.46. The number of anilines is 2. The van der Waals surface area contributed by atoms with Gasteiger partial charge in [-0.3, -0.25) is 0 Å². The normalized spacial score (nSPS) is 15.4. The summed E-state index contributed by atoms with van der Waals surface area (Å²) in [5.41, 5.74) is 2.45. The zero-order chi connectivity index (χ0) is 15.8. The van der Waals surface area contributed by atoms with Crippen molar-refractivity contribution >= 4 is 44.7 Å². The van der Waals surface area contributed by atoms with E-state index in [9.17, 15) is 0 Å². The molecule has 0 unspecified atom stereocenters. The van der Waals surface area contributed by atoms with E-state index in [0.29, 0.717) is 0 Å². The van der Waals surface area contributed by atoms with Crippen LogP contribution in [-0.4, -0.2) is 36.1 Å². The fourth-order valence-electron chi connectivity index (χ4n) is 3.09. The van der Waals surface area contributed by atoms with Crippen molar-refractivity contribution in [2.45, 2.75) is 6.92 Å². The fourth-order valence-corrected chi connectivity index (χ4v) is 4.16. The smallest absolute Gasteiger partial charge is 0.141 e. The Morgan fingerprint density at radius 3 is 2.65 bits per heavy atom. The van der Waals surface area contributed by atoms with Crippen LogP contribution < -0.4 is 9.80 Å². The molecule has 118 valence electrons. The van der Waals surface area contributed by atoms with Crippen LogP contribution in [0.5, 0.6) is 0 Å². The molecule has 0 radical (unpaired) electrons. The Labute approximate surface area is 144 Å². The maximum Gasteiger partial charge on any atom is 0.141 e. The number of fused-ring (bicyclic) bond motifs is 1. The second kappa shape index (κ2) is 5.98. The van der Waals surface area contributed by atoms with E-state index >= 15 is 0 Å². The van der Waals surface area contributed by atoms with Crippen LogP contribution in [0, 0.1) is 6.92 Å². The number of piperazine rings is 1. The van der Waals surface area contributed by atoms with E-state index < -0.39 is 0 Å². The zero-order valence-corrected chi connectivity index (χ0v) is 14.4. The summed E-state index contributed by atoms with van der Waals surface area (Å²) in [6.45, 7) is 5.97. The molecule has 3 aromatic rings. The largest absolute Gasteiger partial charge is 0.368 e. The van der Waals surface area contributed by atoms with Crippen LogP contribution >= 0.6 is 22.9 Å². The van der Waals surface area contributed by atoms with E-state index in [0.717, 1.165) is 41.8 Å². The van der Waals surface area contributed by atoms with Gasteiger partial charge in [0.1, 0.15) is 17.0 Å². The molecule has 6 heteroatoms. The summed E-state index contributed by atoms with van der Waals surface area (Å²) in [6.07, 6.45) is 1.68. The van der Waals surface area contributed by atoms with Crippen LogP contribution in [0.3, 0.4) is 0 Å². The van der Waals surface area contributed by atoms with Crippen LogP contribution in [0.1, 0.15) is 5.56 Å². The average molecular weight is 345 g/mol. The maximum absolute atomic E-state index is 6.11. The Bertz CT molecular complexity index is 839. The number of halogens is 1. The lowest BCUT2D eigenvalue weighted by Gasteiger charge is -2.37. The average Bonchev–Trinajstić information content (AvgIpc) is 2.97. The number of aromatic nitrogens is 2. The van der Waals surface area contributed by atoms with Gasteiger partial charge >= 0.3 is 0 Å². The molecule has 0 spiro atoms. The summed E-state index contributed by atoms with van der Waals surface area (Å²) < 4.78 is 0. The molecule has 0 aliphatic carbocycles. The summed E-state index contributed by atoms with van der Waals surface area (Å²) in [6, 6.07) is 8.07. The molecule has 4 nitrogen and oxygen atoms in total. The van der Waals surface area contributed by atoms with Crippen molar-refractivity contribution in [3.05, 3.63) is 46.6 Å². The second-order valence-corrected chi connectivity index (χ2v) is 7.04. The number of nitrogens with zero attached hydrogens (tertiary/aromatic N) is 4. The van der Waals surface area contributed by atoms with Crippen LogP contribution in [0.25, 0.3) is 10.2 Å². The highest BCUT2D eigenvalue weighted by molar-refractivity contribution is 7.17. The first-order valence-electron chi connectivity index (χ1n) is 7.66. The van der Waals surface area contributed by atoms with Gasteiger partial charge in [-0.15, -0.1) is 11.3 Å². The van der Waals surface area contributed by atoms with Crippen molar-refractivity contribution in [2.24, 2.45) is 0 Å². The molecule has 1 saturated heterocycles. The molecule has 23 heavy (non-hydrogen) atoms. The van der Waals surface area contributed by atoms with Crippen molar-refractivity contribution in [2.75, 3.05) is 36.0 Å². The second-order valence-electron chi connectivity index (χ2n) is 5.75. The van der Waals surface area contributed by atoms with E-state index in [1.807, 2.05) is 18.2 Å². The number of benzene rings is 1. The molecule has 1 aliphatic rings. The lowest BCUT2D eigenvalue weighted by molar-refractivity contribution is 0.649. The summed E-state index contributed by atoms with van der Waals surface area (Å²) >= 11 is 7.79. The molecule has 0 N–H and O–H groups in total. The molecule has 0 atom stereocenters. The highest BCUT2D eigenvalue weighted by atomic mass is 35.5. The predicted octanol–water partition coefficient (Wildman–Crippen LogP) is 3.98. The maximum atomic E-state index is 6.11. The van der Waals surface area contributed by atoms with Gasteiger partial charge in [0.25, 0.3) is 0 Å². The number of thiophene rings is 1. The number of rotatable bonds is 2. The van der Waals surface area contributed by atoms with Crippen LogP contribution in [0.4, 0.5) is 11.5 Å². The summed E-state index contributed by atoms with van der Waals surface area (Å²) in [5, 5.41) is 4.15. The van der Waals surface area contributed by atoms with Crippen LogP contribution in [-0.2, 0) is 0 Å². The van der Waals surface area contributed by atoms with Gasteiger partial charge in [0.2, 0.25) is 0 Å². The van der Waals surface area contributed by atoms with Gasteiger partial charge in [-0.25, -0.2) is 9.97 Å². The fraction of sp³-hybridized carbons (Fsp3) is 0.294. The monoisotopic (exact) mass is 344 g/mol. The van der Waals surface area contributed by atoms with Gasteiger partial charge in [0.05, 0.1) is 5.39 Å². The molecule has 4 rings (SSSR count). The van der Waals surface area contributed by atoms with Crippen molar-refractivity contribution in [3.63, 3.8) is 0 Å². The predicted molar refractivity (Wildman–Crippen MR) is 98.0 cm³/mol. The van der Waals surface area contributed by atoms with Crippen molar-refractivity contribution in [1.82, 2.24) is 9.97 Å². The number of hydrogen-bond acceptors (Lipinski definition) is 5. The Hall–Kier alpha value is -1.85. The summed E-state index contributed by atoms with van der Waals surface area (Å²) in [5.74, 6) is 1.07.